The summed E-state index contributed by atoms with van der Waals surface area (Å²) in [6.07, 6.45) is 0.989. The van der Waals surface area contributed by atoms with Crippen molar-refractivity contribution in [2.45, 2.75) is 5.03 Å². The highest BCUT2D eigenvalue weighted by atomic mass is 32.2. The van der Waals surface area contributed by atoms with Crippen LogP contribution in [0.15, 0.2) is 65.0 Å². The van der Waals surface area contributed by atoms with Crippen LogP contribution in [-0.4, -0.2) is 71.7 Å². The average Bonchev–Trinajstić information content (AvgIpc) is 3.61. The van der Waals surface area contributed by atoms with Gasteiger partial charge in [-0.1, -0.05) is 0 Å². The Morgan fingerprint density at radius 1 is 1.07 bits per heavy atom. The largest absolute Gasteiger partial charge is 0.508 e. The van der Waals surface area contributed by atoms with Crippen LogP contribution >= 0.6 is 11.3 Å². The predicted molar refractivity (Wildman–Crippen MR) is 152 cm³/mol. The van der Waals surface area contributed by atoms with Crippen molar-refractivity contribution in [3.63, 3.8) is 0 Å². The SMILES string of the molecule is CS(=O)(=O)c1cc(C(=O)Nc2cc(O)cc(-c3nc(N4CCOCC4)c4sccc4n3)c2)nn1-c1ccc(F)cc1. The first-order valence-corrected chi connectivity index (χ1v) is 15.2. The summed E-state index contributed by atoms with van der Waals surface area (Å²) in [5.41, 5.74) is 1.53. The summed E-state index contributed by atoms with van der Waals surface area (Å²) in [6.45, 7) is 2.55. The molecule has 4 heterocycles. The summed E-state index contributed by atoms with van der Waals surface area (Å²) in [5, 5.41) is 19.0. The van der Waals surface area contributed by atoms with Gasteiger partial charge in [-0.2, -0.15) is 5.10 Å². The number of fused-ring (bicyclic) bond motifs is 1. The second-order valence-corrected chi connectivity index (χ2v) is 12.2. The van der Waals surface area contributed by atoms with E-state index in [-0.39, 0.29) is 27.8 Å². The van der Waals surface area contributed by atoms with Gasteiger partial charge < -0.3 is 20.1 Å². The molecule has 1 aliphatic rings. The number of phenolic OH excluding ortho intramolecular Hbond substituents is 1. The van der Waals surface area contributed by atoms with E-state index in [0.29, 0.717) is 37.7 Å². The Kier molecular flexibility index (Phi) is 6.89. The van der Waals surface area contributed by atoms with E-state index in [2.05, 4.69) is 20.3 Å². The molecule has 0 bridgehead atoms. The third-order valence-electron chi connectivity index (χ3n) is 6.39. The molecular weight excluding hydrogens is 571 g/mol. The minimum absolute atomic E-state index is 0.131. The molecule has 0 aliphatic carbocycles. The smallest absolute Gasteiger partial charge is 0.276 e. The maximum Gasteiger partial charge on any atom is 0.276 e. The first-order valence-electron chi connectivity index (χ1n) is 12.5. The van der Waals surface area contributed by atoms with E-state index in [9.17, 15) is 22.7 Å². The number of nitrogens with one attached hydrogen (secondary N) is 1. The fourth-order valence-corrected chi connectivity index (χ4v) is 6.11. The number of hydrogen-bond acceptors (Lipinski definition) is 10. The van der Waals surface area contributed by atoms with Crippen LogP contribution in [0.2, 0.25) is 0 Å². The van der Waals surface area contributed by atoms with E-state index >= 15 is 0 Å². The first-order chi connectivity index (χ1) is 19.7. The number of rotatable bonds is 6. The molecule has 210 valence electrons. The molecule has 41 heavy (non-hydrogen) atoms. The lowest BCUT2D eigenvalue weighted by Gasteiger charge is -2.28. The summed E-state index contributed by atoms with van der Waals surface area (Å²) in [6, 6.07) is 12.5. The van der Waals surface area contributed by atoms with Crippen LogP contribution < -0.4 is 10.2 Å². The quantitative estimate of drug-likeness (QED) is 0.300. The number of morpholine rings is 1. The molecule has 1 amide bonds. The maximum atomic E-state index is 13.4. The summed E-state index contributed by atoms with van der Waals surface area (Å²) in [7, 11) is -3.79. The molecule has 1 fully saturated rings. The lowest BCUT2D eigenvalue weighted by atomic mass is 10.1. The van der Waals surface area contributed by atoms with E-state index in [1.807, 2.05) is 11.4 Å². The van der Waals surface area contributed by atoms with Gasteiger partial charge in [-0.15, -0.1) is 11.3 Å². The lowest BCUT2D eigenvalue weighted by Crippen LogP contribution is -2.36. The fraction of sp³-hybridized carbons (Fsp3) is 0.185. The van der Waals surface area contributed by atoms with Gasteiger partial charge in [-0.05, 0) is 47.8 Å². The minimum Gasteiger partial charge on any atom is -0.508 e. The number of anilines is 2. The normalized spacial score (nSPS) is 14.0. The van der Waals surface area contributed by atoms with Gasteiger partial charge in [0.1, 0.15) is 11.6 Å². The molecule has 5 aromatic rings. The summed E-state index contributed by atoms with van der Waals surface area (Å²) in [4.78, 5) is 24.8. The summed E-state index contributed by atoms with van der Waals surface area (Å²) in [5.74, 6) is -0.205. The molecule has 0 saturated carbocycles. The van der Waals surface area contributed by atoms with Crippen LogP contribution in [-0.2, 0) is 14.6 Å². The van der Waals surface area contributed by atoms with E-state index < -0.39 is 21.6 Å². The molecule has 0 atom stereocenters. The number of carbonyl (C=O) groups excluding carboxylic acids is 1. The monoisotopic (exact) mass is 594 g/mol. The maximum absolute atomic E-state index is 13.4. The van der Waals surface area contributed by atoms with Gasteiger partial charge in [0, 0.05) is 42.7 Å². The standard InChI is InChI=1S/C27H23FN6O5S2/c1-41(37,38)23-15-22(32-34(23)19-4-2-17(28)3-5-19)27(36)29-18-12-16(13-20(35)14-18)25-30-21-6-11-40-24(21)26(31-25)33-7-9-39-10-8-33/h2-6,11-15,35H,7-10H2,1H3,(H,29,36). The third kappa shape index (κ3) is 5.49. The highest BCUT2D eigenvalue weighted by Gasteiger charge is 2.23. The van der Waals surface area contributed by atoms with Gasteiger partial charge in [0.15, 0.2) is 32.2 Å². The van der Waals surface area contributed by atoms with E-state index in [4.69, 9.17) is 9.72 Å². The van der Waals surface area contributed by atoms with Gasteiger partial charge >= 0.3 is 0 Å². The Hall–Kier alpha value is -4.40. The zero-order valence-electron chi connectivity index (χ0n) is 21.6. The Morgan fingerprint density at radius 2 is 1.83 bits per heavy atom. The predicted octanol–water partition coefficient (Wildman–Crippen LogP) is 3.88. The van der Waals surface area contributed by atoms with Gasteiger partial charge in [-0.3, -0.25) is 4.79 Å². The van der Waals surface area contributed by atoms with Gasteiger partial charge in [0.05, 0.1) is 29.1 Å². The molecule has 3 aromatic heterocycles. The van der Waals surface area contributed by atoms with Crippen LogP contribution in [0.3, 0.4) is 0 Å². The Balaban J connectivity index is 1.34. The minimum atomic E-state index is -3.79. The van der Waals surface area contributed by atoms with E-state index in [0.717, 1.165) is 45.2 Å². The second kappa shape index (κ2) is 10.5. The van der Waals surface area contributed by atoms with Crippen LogP contribution in [0.1, 0.15) is 10.5 Å². The van der Waals surface area contributed by atoms with Crippen LogP contribution in [0.5, 0.6) is 5.75 Å². The van der Waals surface area contributed by atoms with Crippen molar-refractivity contribution in [1.82, 2.24) is 19.7 Å². The van der Waals surface area contributed by atoms with Crippen molar-refractivity contribution < 1.29 is 27.4 Å². The van der Waals surface area contributed by atoms with Crippen LogP contribution in [0, 0.1) is 5.82 Å². The van der Waals surface area contributed by atoms with E-state index in [1.165, 1.54) is 24.3 Å². The van der Waals surface area contributed by atoms with Crippen LogP contribution in [0.25, 0.3) is 27.3 Å². The first kappa shape index (κ1) is 26.8. The number of hydrogen-bond donors (Lipinski definition) is 2. The van der Waals surface area contributed by atoms with E-state index in [1.54, 1.807) is 17.4 Å². The molecule has 0 spiro atoms. The lowest BCUT2D eigenvalue weighted by molar-refractivity contribution is 0.102. The Bertz CT molecular complexity index is 1880. The number of halogens is 1. The molecule has 14 heteroatoms. The number of phenols is 1. The van der Waals surface area contributed by atoms with Crippen molar-refractivity contribution in [3.8, 4) is 22.8 Å². The molecule has 0 unspecified atom stereocenters. The number of benzene rings is 2. The number of amides is 1. The summed E-state index contributed by atoms with van der Waals surface area (Å²) < 4.78 is 45.8. The number of sulfone groups is 1. The third-order valence-corrected chi connectivity index (χ3v) is 8.34. The average molecular weight is 595 g/mol. The second-order valence-electron chi connectivity index (χ2n) is 9.36. The number of carbonyl (C=O) groups is 1. The van der Waals surface area contributed by atoms with Crippen molar-refractivity contribution in [2.24, 2.45) is 0 Å². The molecule has 2 aromatic carbocycles. The fourth-order valence-electron chi connectivity index (χ4n) is 4.48. The molecular formula is C27H23FN6O5S2. The summed E-state index contributed by atoms with van der Waals surface area (Å²) >= 11 is 1.54. The van der Waals surface area contributed by atoms with Crippen molar-refractivity contribution >= 4 is 48.8 Å². The van der Waals surface area contributed by atoms with Crippen LogP contribution in [0.4, 0.5) is 15.9 Å². The number of ether oxygens (including phenoxy) is 1. The van der Waals surface area contributed by atoms with Gasteiger partial charge in [-0.25, -0.2) is 27.5 Å². The number of thiophene rings is 1. The number of aromatic nitrogens is 4. The molecule has 2 N–H and O–H groups in total. The molecule has 1 saturated heterocycles. The van der Waals surface area contributed by atoms with Crippen molar-refractivity contribution in [3.05, 3.63) is 71.5 Å². The highest BCUT2D eigenvalue weighted by molar-refractivity contribution is 7.90. The topological polar surface area (TPSA) is 140 Å². The Labute approximate surface area is 237 Å². The zero-order chi connectivity index (χ0) is 28.7. The van der Waals surface area contributed by atoms with Gasteiger partial charge in [0.25, 0.3) is 5.91 Å². The Morgan fingerprint density at radius 3 is 2.56 bits per heavy atom. The van der Waals surface area contributed by atoms with Gasteiger partial charge in [0.2, 0.25) is 0 Å². The molecule has 1 aliphatic heterocycles. The molecule has 6 rings (SSSR count). The molecule has 11 nitrogen and oxygen atoms in total. The highest BCUT2D eigenvalue weighted by Crippen LogP contribution is 2.34. The number of nitrogens with zero attached hydrogens (tertiary/aromatic N) is 5. The number of aromatic hydroxyl groups is 1. The van der Waals surface area contributed by atoms with Crippen molar-refractivity contribution in [1.29, 1.82) is 0 Å². The van der Waals surface area contributed by atoms with Crippen molar-refractivity contribution in [2.75, 3.05) is 42.8 Å². The zero-order valence-corrected chi connectivity index (χ0v) is 23.2. The molecule has 0 radical (unpaired) electrons.